The van der Waals surface area contributed by atoms with E-state index >= 15 is 0 Å². The highest BCUT2D eigenvalue weighted by atomic mass is 35.5. The van der Waals surface area contributed by atoms with Crippen molar-refractivity contribution >= 4 is 29.0 Å². The second-order valence-electron chi connectivity index (χ2n) is 4.84. The van der Waals surface area contributed by atoms with Gasteiger partial charge in [0.25, 0.3) is 0 Å². The predicted octanol–water partition coefficient (Wildman–Crippen LogP) is 4.37. The van der Waals surface area contributed by atoms with Gasteiger partial charge in [-0.3, -0.25) is 9.48 Å². The van der Waals surface area contributed by atoms with Gasteiger partial charge in [0.05, 0.1) is 28.2 Å². The summed E-state index contributed by atoms with van der Waals surface area (Å²) in [6, 6.07) is 3.75. The molecule has 0 radical (unpaired) electrons. The average Bonchev–Trinajstić information content (AvgIpc) is 2.88. The van der Waals surface area contributed by atoms with Crippen molar-refractivity contribution in [3.05, 3.63) is 46.0 Å². The maximum atomic E-state index is 12.2. The summed E-state index contributed by atoms with van der Waals surface area (Å²) in [5, 5.41) is 5.15. The van der Waals surface area contributed by atoms with Crippen LogP contribution in [0.2, 0.25) is 10.0 Å². The number of hydrogen-bond acceptors (Lipinski definition) is 3. The van der Waals surface area contributed by atoms with Crippen molar-refractivity contribution in [2.45, 2.75) is 39.2 Å². The van der Waals surface area contributed by atoms with E-state index in [1.54, 1.807) is 0 Å². The highest BCUT2D eigenvalue weighted by Crippen LogP contribution is 2.20. The lowest BCUT2D eigenvalue weighted by Gasteiger charge is -2.12. The second kappa shape index (κ2) is 7.05. The lowest BCUT2D eigenvalue weighted by atomic mass is 10.1. The quantitative estimate of drug-likeness (QED) is 0.741. The summed E-state index contributed by atoms with van der Waals surface area (Å²) in [5.41, 5.74) is 0.956. The van der Waals surface area contributed by atoms with E-state index in [-0.39, 0.29) is 22.9 Å². The molecule has 0 spiro atoms. The summed E-state index contributed by atoms with van der Waals surface area (Å²) in [4.78, 5) is 16.2. The molecular formula is C15H17Cl2N3O. The van der Waals surface area contributed by atoms with Gasteiger partial charge in [-0.1, -0.05) is 37.0 Å². The zero-order valence-electron chi connectivity index (χ0n) is 12.0. The van der Waals surface area contributed by atoms with E-state index in [2.05, 4.69) is 23.9 Å². The van der Waals surface area contributed by atoms with E-state index in [1.807, 2.05) is 16.9 Å². The largest absolute Gasteiger partial charge is 0.292 e. The van der Waals surface area contributed by atoms with Crippen molar-refractivity contribution in [2.24, 2.45) is 0 Å². The SMILES string of the molecule is CCC(CC)n1ccc(CC(=O)c2ncc(Cl)cc2Cl)n1. The monoisotopic (exact) mass is 325 g/mol. The zero-order chi connectivity index (χ0) is 15.4. The van der Waals surface area contributed by atoms with Gasteiger partial charge < -0.3 is 0 Å². The molecule has 0 atom stereocenters. The molecule has 0 bridgehead atoms. The van der Waals surface area contributed by atoms with Crippen molar-refractivity contribution in [3.8, 4) is 0 Å². The molecule has 0 saturated heterocycles. The van der Waals surface area contributed by atoms with Gasteiger partial charge in [0, 0.05) is 12.4 Å². The number of aromatic nitrogens is 3. The molecular weight excluding hydrogens is 309 g/mol. The van der Waals surface area contributed by atoms with Crippen LogP contribution in [-0.2, 0) is 6.42 Å². The van der Waals surface area contributed by atoms with Crippen LogP contribution in [-0.4, -0.2) is 20.5 Å². The molecule has 0 amide bonds. The minimum atomic E-state index is -0.161. The maximum absolute atomic E-state index is 12.2. The average molecular weight is 326 g/mol. The van der Waals surface area contributed by atoms with E-state index < -0.39 is 0 Å². The summed E-state index contributed by atoms with van der Waals surface area (Å²) in [6.07, 6.45) is 5.54. The Labute approximate surface area is 134 Å². The molecule has 0 saturated carbocycles. The van der Waals surface area contributed by atoms with E-state index in [0.717, 1.165) is 18.5 Å². The van der Waals surface area contributed by atoms with Crippen LogP contribution in [0, 0.1) is 0 Å². The van der Waals surface area contributed by atoms with E-state index in [1.165, 1.54) is 12.3 Å². The van der Waals surface area contributed by atoms with Gasteiger partial charge in [0.1, 0.15) is 5.69 Å². The fraction of sp³-hybridized carbons (Fsp3) is 0.400. The smallest absolute Gasteiger partial charge is 0.188 e. The Kier molecular flexibility index (Phi) is 5.37. The van der Waals surface area contributed by atoms with Gasteiger partial charge in [0.2, 0.25) is 0 Å². The minimum Gasteiger partial charge on any atom is -0.292 e. The van der Waals surface area contributed by atoms with Crippen LogP contribution in [0.25, 0.3) is 0 Å². The standard InChI is InChI=1S/C15H17Cl2N3O/c1-3-12(4-2)20-6-5-11(19-20)8-14(21)15-13(17)7-10(16)9-18-15/h5-7,9,12H,3-4,8H2,1-2H3. The molecule has 2 aromatic rings. The molecule has 0 unspecified atom stereocenters. The molecule has 0 aliphatic rings. The summed E-state index contributed by atoms with van der Waals surface area (Å²) in [6.45, 7) is 4.25. The Balaban J connectivity index is 2.13. The second-order valence-corrected chi connectivity index (χ2v) is 5.68. The zero-order valence-corrected chi connectivity index (χ0v) is 13.5. The number of nitrogens with zero attached hydrogens (tertiary/aromatic N) is 3. The van der Waals surface area contributed by atoms with Crippen LogP contribution in [0.4, 0.5) is 0 Å². The number of rotatable bonds is 6. The first-order chi connectivity index (χ1) is 10.0. The van der Waals surface area contributed by atoms with Crippen molar-refractivity contribution in [3.63, 3.8) is 0 Å². The fourth-order valence-corrected chi connectivity index (χ4v) is 2.69. The number of ketones is 1. The Hall–Kier alpha value is -1.39. The van der Waals surface area contributed by atoms with Gasteiger partial charge in [-0.2, -0.15) is 5.10 Å². The molecule has 2 aromatic heterocycles. The maximum Gasteiger partial charge on any atom is 0.188 e. The number of carbonyl (C=O) groups is 1. The van der Waals surface area contributed by atoms with Crippen LogP contribution < -0.4 is 0 Å². The van der Waals surface area contributed by atoms with E-state index in [4.69, 9.17) is 23.2 Å². The number of carbonyl (C=O) groups excluding carboxylic acids is 1. The number of pyridine rings is 1. The number of Topliss-reactive ketones (excluding diaryl/α,β-unsaturated/α-hetero) is 1. The van der Waals surface area contributed by atoms with Crippen molar-refractivity contribution in [2.75, 3.05) is 0 Å². The first-order valence-corrected chi connectivity index (χ1v) is 7.69. The predicted molar refractivity (Wildman–Crippen MR) is 84.1 cm³/mol. The summed E-state index contributed by atoms with van der Waals surface area (Å²) in [5.74, 6) is -0.161. The Morgan fingerprint density at radius 2 is 2.05 bits per heavy atom. The van der Waals surface area contributed by atoms with Gasteiger partial charge >= 0.3 is 0 Å². The first kappa shape index (κ1) is 16.0. The van der Waals surface area contributed by atoms with Crippen LogP contribution in [0.15, 0.2) is 24.5 Å². The molecule has 2 heterocycles. The van der Waals surface area contributed by atoms with Crippen LogP contribution in [0.1, 0.15) is 48.9 Å². The molecule has 21 heavy (non-hydrogen) atoms. The Bertz CT molecular complexity index is 636. The Morgan fingerprint density at radius 1 is 1.33 bits per heavy atom. The molecule has 6 heteroatoms. The molecule has 0 aromatic carbocycles. The molecule has 112 valence electrons. The van der Waals surface area contributed by atoms with Crippen LogP contribution in [0.3, 0.4) is 0 Å². The number of hydrogen-bond donors (Lipinski definition) is 0. The first-order valence-electron chi connectivity index (χ1n) is 6.93. The van der Waals surface area contributed by atoms with Gasteiger partial charge in [-0.05, 0) is 25.0 Å². The molecule has 0 N–H and O–H groups in total. The fourth-order valence-electron chi connectivity index (χ4n) is 2.21. The van der Waals surface area contributed by atoms with E-state index in [9.17, 15) is 4.79 Å². The molecule has 0 fully saturated rings. The number of halogens is 2. The van der Waals surface area contributed by atoms with Crippen molar-refractivity contribution < 1.29 is 4.79 Å². The third-order valence-electron chi connectivity index (χ3n) is 3.39. The molecule has 4 nitrogen and oxygen atoms in total. The van der Waals surface area contributed by atoms with Crippen molar-refractivity contribution in [1.82, 2.24) is 14.8 Å². The topological polar surface area (TPSA) is 47.8 Å². The van der Waals surface area contributed by atoms with Gasteiger partial charge in [-0.15, -0.1) is 0 Å². The summed E-state index contributed by atoms with van der Waals surface area (Å²) in [7, 11) is 0. The molecule has 0 aliphatic heterocycles. The lowest BCUT2D eigenvalue weighted by molar-refractivity contribution is 0.0987. The van der Waals surface area contributed by atoms with Gasteiger partial charge in [0.15, 0.2) is 5.78 Å². The highest BCUT2D eigenvalue weighted by Gasteiger charge is 2.16. The van der Waals surface area contributed by atoms with Crippen LogP contribution in [0.5, 0.6) is 0 Å². The minimum absolute atomic E-state index is 0.161. The Morgan fingerprint density at radius 3 is 2.67 bits per heavy atom. The normalized spacial score (nSPS) is 11.1. The third-order valence-corrected chi connectivity index (χ3v) is 3.89. The van der Waals surface area contributed by atoms with Crippen molar-refractivity contribution in [1.29, 1.82) is 0 Å². The van der Waals surface area contributed by atoms with Crippen LogP contribution >= 0.6 is 23.2 Å². The lowest BCUT2D eigenvalue weighted by Crippen LogP contribution is -2.10. The molecule has 2 rings (SSSR count). The highest BCUT2D eigenvalue weighted by molar-refractivity contribution is 6.36. The molecule has 0 aliphatic carbocycles. The summed E-state index contributed by atoms with van der Waals surface area (Å²) < 4.78 is 1.92. The van der Waals surface area contributed by atoms with E-state index in [0.29, 0.717) is 11.1 Å². The van der Waals surface area contributed by atoms with Gasteiger partial charge in [-0.25, -0.2) is 4.98 Å². The summed E-state index contributed by atoms with van der Waals surface area (Å²) >= 11 is 11.8. The third kappa shape index (κ3) is 3.83.